The fourth-order valence-electron chi connectivity index (χ4n) is 1.11. The van der Waals surface area contributed by atoms with Crippen LogP contribution in [0, 0.1) is 15.9 Å². The summed E-state index contributed by atoms with van der Waals surface area (Å²) >= 11 is 5.47. The number of nitro benzene ring substituents is 1. The van der Waals surface area contributed by atoms with Gasteiger partial charge < -0.3 is 4.74 Å². The van der Waals surface area contributed by atoms with Crippen LogP contribution in [0.5, 0.6) is 5.75 Å². The van der Waals surface area contributed by atoms with Gasteiger partial charge >= 0.3 is 5.69 Å². The predicted octanol–water partition coefficient (Wildman–Crippen LogP) is 3.13. The van der Waals surface area contributed by atoms with Gasteiger partial charge in [0.15, 0.2) is 0 Å². The molecule has 0 aliphatic rings. The van der Waals surface area contributed by atoms with Gasteiger partial charge in [0.25, 0.3) is 0 Å². The Balaban J connectivity index is 2.56. The van der Waals surface area contributed by atoms with E-state index in [0.29, 0.717) is 12.5 Å². The third kappa shape index (κ3) is 3.66. The van der Waals surface area contributed by atoms with Crippen LogP contribution in [0.3, 0.4) is 0 Å². The van der Waals surface area contributed by atoms with Crippen LogP contribution in [0.25, 0.3) is 0 Å². The molecule has 0 fully saturated rings. The van der Waals surface area contributed by atoms with Crippen molar-refractivity contribution >= 4 is 17.3 Å². The van der Waals surface area contributed by atoms with Gasteiger partial charge in [-0.25, -0.2) is 0 Å². The molecule has 0 aromatic heterocycles. The van der Waals surface area contributed by atoms with Crippen molar-refractivity contribution in [3.05, 3.63) is 34.1 Å². The van der Waals surface area contributed by atoms with Gasteiger partial charge in [0.05, 0.1) is 11.5 Å². The highest BCUT2D eigenvalue weighted by molar-refractivity contribution is 6.17. The lowest BCUT2D eigenvalue weighted by molar-refractivity contribution is -0.387. The summed E-state index contributed by atoms with van der Waals surface area (Å²) in [5.74, 6) is -0.0460. The largest absolute Gasteiger partial charge is 0.493 e. The molecule has 0 spiro atoms. The second-order valence-corrected chi connectivity index (χ2v) is 3.49. The third-order valence-electron chi connectivity index (χ3n) is 1.91. The topological polar surface area (TPSA) is 52.4 Å². The summed E-state index contributed by atoms with van der Waals surface area (Å²) in [5, 5.41) is 10.3. The molecular formula is C10H11ClFNO3. The lowest BCUT2D eigenvalue weighted by Crippen LogP contribution is -1.99. The first-order valence-corrected chi connectivity index (χ1v) is 5.31. The van der Waals surface area contributed by atoms with Crippen molar-refractivity contribution < 1.29 is 14.1 Å². The zero-order valence-corrected chi connectivity index (χ0v) is 9.24. The molecule has 0 heterocycles. The van der Waals surface area contributed by atoms with E-state index < -0.39 is 16.4 Å². The number of alkyl halides is 1. The summed E-state index contributed by atoms with van der Waals surface area (Å²) in [6.45, 7) is 0.421. The maximum atomic E-state index is 13.1. The van der Waals surface area contributed by atoms with E-state index in [1.807, 2.05) is 0 Å². The Bertz CT molecular complexity index is 373. The zero-order chi connectivity index (χ0) is 12.0. The van der Waals surface area contributed by atoms with Gasteiger partial charge in [-0.15, -0.1) is 11.6 Å². The minimum absolute atomic E-state index is 0.290. The van der Waals surface area contributed by atoms with Gasteiger partial charge in [-0.05, 0) is 18.9 Å². The number of rotatable bonds is 6. The highest BCUT2D eigenvalue weighted by atomic mass is 35.5. The van der Waals surface area contributed by atoms with Crippen molar-refractivity contribution in [2.75, 3.05) is 12.5 Å². The summed E-state index contributed by atoms with van der Waals surface area (Å²) in [6.07, 6.45) is 1.58. The first-order chi connectivity index (χ1) is 7.65. The molecule has 1 rings (SSSR count). The van der Waals surface area contributed by atoms with Crippen molar-refractivity contribution in [2.45, 2.75) is 12.8 Å². The van der Waals surface area contributed by atoms with Gasteiger partial charge in [-0.1, -0.05) is 0 Å². The van der Waals surface area contributed by atoms with E-state index in [9.17, 15) is 14.5 Å². The summed E-state index contributed by atoms with van der Waals surface area (Å²) in [5.41, 5.74) is -0.548. The van der Waals surface area contributed by atoms with E-state index in [-0.39, 0.29) is 5.75 Å². The van der Waals surface area contributed by atoms with Gasteiger partial charge in [0.2, 0.25) is 5.82 Å². The highest BCUT2D eigenvalue weighted by Gasteiger charge is 2.13. The van der Waals surface area contributed by atoms with Crippen molar-refractivity contribution in [1.29, 1.82) is 0 Å². The quantitative estimate of drug-likeness (QED) is 0.336. The molecular weight excluding hydrogens is 237 g/mol. The zero-order valence-electron chi connectivity index (χ0n) is 8.49. The number of hydrogen-bond donors (Lipinski definition) is 0. The second-order valence-electron chi connectivity index (χ2n) is 3.11. The molecule has 0 radical (unpaired) electrons. The molecule has 1 aromatic carbocycles. The number of ether oxygens (including phenoxy) is 1. The lowest BCUT2D eigenvalue weighted by atomic mass is 10.3. The summed E-state index contributed by atoms with van der Waals surface area (Å²) in [7, 11) is 0. The maximum absolute atomic E-state index is 13.1. The third-order valence-corrected chi connectivity index (χ3v) is 2.18. The standard InChI is InChI=1S/C10H11ClFNO3/c11-5-1-2-6-16-8-3-4-10(13(14)15)9(12)7-8/h3-4,7H,1-2,5-6H2. The maximum Gasteiger partial charge on any atom is 0.305 e. The number of hydrogen-bond acceptors (Lipinski definition) is 3. The summed E-state index contributed by atoms with van der Waals surface area (Å²) in [4.78, 5) is 9.57. The molecule has 0 aliphatic carbocycles. The predicted molar refractivity (Wildman–Crippen MR) is 58.5 cm³/mol. The fourth-order valence-corrected chi connectivity index (χ4v) is 1.30. The van der Waals surface area contributed by atoms with E-state index in [2.05, 4.69) is 0 Å². The minimum Gasteiger partial charge on any atom is -0.493 e. The van der Waals surface area contributed by atoms with Crippen LogP contribution in [0.1, 0.15) is 12.8 Å². The minimum atomic E-state index is -0.889. The van der Waals surface area contributed by atoms with E-state index in [1.54, 1.807) is 0 Å². The van der Waals surface area contributed by atoms with E-state index >= 15 is 0 Å². The van der Waals surface area contributed by atoms with Crippen molar-refractivity contribution in [3.8, 4) is 5.75 Å². The molecule has 4 nitrogen and oxygen atoms in total. The van der Waals surface area contributed by atoms with Crippen LogP contribution in [0.4, 0.5) is 10.1 Å². The van der Waals surface area contributed by atoms with Crippen LogP contribution in [0.15, 0.2) is 18.2 Å². The Hall–Kier alpha value is -1.36. The SMILES string of the molecule is O=[N+]([O-])c1ccc(OCCCCCl)cc1F. The monoisotopic (exact) mass is 247 g/mol. The van der Waals surface area contributed by atoms with Crippen LogP contribution in [0.2, 0.25) is 0 Å². The number of benzene rings is 1. The number of halogens is 2. The Morgan fingerprint density at radius 2 is 2.19 bits per heavy atom. The Kier molecular flexibility index (Phi) is 4.98. The number of unbranched alkanes of at least 4 members (excludes halogenated alkanes) is 1. The summed E-state index contributed by atoms with van der Waals surface area (Å²) < 4.78 is 18.3. The van der Waals surface area contributed by atoms with Crippen LogP contribution in [-0.4, -0.2) is 17.4 Å². The number of nitrogens with zero attached hydrogens (tertiary/aromatic N) is 1. The van der Waals surface area contributed by atoms with E-state index in [0.717, 1.165) is 25.0 Å². The molecule has 0 saturated carbocycles. The average molecular weight is 248 g/mol. The van der Waals surface area contributed by atoms with Crippen LogP contribution in [-0.2, 0) is 0 Å². The molecule has 0 atom stereocenters. The molecule has 0 unspecified atom stereocenters. The van der Waals surface area contributed by atoms with Crippen molar-refractivity contribution in [1.82, 2.24) is 0 Å². The van der Waals surface area contributed by atoms with E-state index in [4.69, 9.17) is 16.3 Å². The van der Waals surface area contributed by atoms with E-state index in [1.165, 1.54) is 6.07 Å². The molecule has 0 N–H and O–H groups in total. The Labute approximate surface area is 97.1 Å². The van der Waals surface area contributed by atoms with Crippen molar-refractivity contribution in [3.63, 3.8) is 0 Å². The Morgan fingerprint density at radius 3 is 2.75 bits per heavy atom. The first-order valence-electron chi connectivity index (χ1n) is 4.78. The molecule has 6 heteroatoms. The fraction of sp³-hybridized carbons (Fsp3) is 0.400. The normalized spacial score (nSPS) is 10.1. The molecule has 1 aromatic rings. The molecule has 0 bridgehead atoms. The molecule has 88 valence electrons. The lowest BCUT2D eigenvalue weighted by Gasteiger charge is -2.05. The molecule has 0 saturated heterocycles. The summed E-state index contributed by atoms with van der Waals surface area (Å²) in [6, 6.07) is 3.48. The molecule has 0 amide bonds. The molecule has 0 aliphatic heterocycles. The molecule has 16 heavy (non-hydrogen) atoms. The average Bonchev–Trinajstić information content (AvgIpc) is 2.24. The van der Waals surface area contributed by atoms with Crippen LogP contribution >= 0.6 is 11.6 Å². The van der Waals surface area contributed by atoms with Gasteiger partial charge in [-0.3, -0.25) is 10.1 Å². The highest BCUT2D eigenvalue weighted by Crippen LogP contribution is 2.22. The first kappa shape index (κ1) is 12.7. The number of nitro groups is 1. The van der Waals surface area contributed by atoms with Gasteiger partial charge in [0.1, 0.15) is 5.75 Å². The van der Waals surface area contributed by atoms with Gasteiger partial charge in [0, 0.05) is 18.0 Å². The second kappa shape index (κ2) is 6.27. The van der Waals surface area contributed by atoms with Crippen molar-refractivity contribution in [2.24, 2.45) is 0 Å². The van der Waals surface area contributed by atoms with Crippen LogP contribution < -0.4 is 4.74 Å². The van der Waals surface area contributed by atoms with Gasteiger partial charge in [-0.2, -0.15) is 4.39 Å². The Morgan fingerprint density at radius 1 is 1.44 bits per heavy atom. The smallest absolute Gasteiger partial charge is 0.305 e.